The monoisotopic (exact) mass is 369 g/mol. The van der Waals surface area contributed by atoms with Gasteiger partial charge in [-0.15, -0.1) is 0 Å². The van der Waals surface area contributed by atoms with Crippen LogP contribution in [-0.2, 0) is 6.54 Å². The van der Waals surface area contributed by atoms with Crippen molar-refractivity contribution in [1.82, 2.24) is 15.1 Å². The lowest BCUT2D eigenvalue weighted by Crippen LogP contribution is -2.27. The maximum atomic E-state index is 12.9. The van der Waals surface area contributed by atoms with Crippen LogP contribution in [-0.4, -0.2) is 15.7 Å². The predicted octanol–water partition coefficient (Wildman–Crippen LogP) is 5.15. The molecule has 0 spiro atoms. The molecular formula is C21H24ClN3O. The summed E-state index contributed by atoms with van der Waals surface area (Å²) < 4.78 is 1.71. The Hall–Kier alpha value is -2.33. The highest BCUT2D eigenvalue weighted by atomic mass is 35.5. The number of carbonyl (C=O) groups is 1. The van der Waals surface area contributed by atoms with Crippen LogP contribution in [0.3, 0.4) is 0 Å². The molecule has 1 aromatic heterocycles. The van der Waals surface area contributed by atoms with Crippen LogP contribution in [0, 0.1) is 12.8 Å². The first-order valence-electron chi connectivity index (χ1n) is 8.90. The zero-order valence-corrected chi connectivity index (χ0v) is 16.3. The van der Waals surface area contributed by atoms with E-state index in [1.807, 2.05) is 38.1 Å². The molecule has 0 saturated heterocycles. The minimum atomic E-state index is -0.192. The van der Waals surface area contributed by atoms with Gasteiger partial charge in [0.05, 0.1) is 17.3 Å². The molecule has 1 atom stereocenters. The van der Waals surface area contributed by atoms with Crippen molar-refractivity contribution in [3.63, 3.8) is 0 Å². The van der Waals surface area contributed by atoms with E-state index >= 15 is 0 Å². The molecule has 0 aliphatic carbocycles. The molecule has 0 bridgehead atoms. The van der Waals surface area contributed by atoms with Gasteiger partial charge in [0.15, 0.2) is 0 Å². The van der Waals surface area contributed by atoms with E-state index in [-0.39, 0.29) is 11.9 Å². The zero-order chi connectivity index (χ0) is 18.8. The molecule has 0 radical (unpaired) electrons. The summed E-state index contributed by atoms with van der Waals surface area (Å²) >= 11 is 6.43. The minimum Gasteiger partial charge on any atom is -0.345 e. The average molecular weight is 370 g/mol. The second-order valence-electron chi connectivity index (χ2n) is 7.09. The normalized spacial score (nSPS) is 12.5. The SMILES string of the molecule is Cc1nn(CC(C)C)c(Cl)c1C(=O)NC(C)c1cccc2ccccc12. The van der Waals surface area contributed by atoms with E-state index in [4.69, 9.17) is 11.6 Å². The van der Waals surface area contributed by atoms with Gasteiger partial charge in [-0.25, -0.2) is 0 Å². The number of benzene rings is 2. The Kier molecular flexibility index (Phi) is 5.33. The summed E-state index contributed by atoms with van der Waals surface area (Å²) in [5.74, 6) is 0.209. The quantitative estimate of drug-likeness (QED) is 0.676. The van der Waals surface area contributed by atoms with E-state index in [0.29, 0.717) is 28.9 Å². The van der Waals surface area contributed by atoms with Gasteiger partial charge in [-0.05, 0) is 36.1 Å². The third-order valence-corrected chi connectivity index (χ3v) is 4.85. The molecule has 0 aliphatic heterocycles. The van der Waals surface area contributed by atoms with Crippen LogP contribution >= 0.6 is 11.6 Å². The van der Waals surface area contributed by atoms with Crippen LogP contribution in [0.25, 0.3) is 10.8 Å². The summed E-state index contributed by atoms with van der Waals surface area (Å²) in [5.41, 5.74) is 2.19. The number of hydrogen-bond acceptors (Lipinski definition) is 2. The fourth-order valence-electron chi connectivity index (χ4n) is 3.25. The van der Waals surface area contributed by atoms with Gasteiger partial charge in [0.25, 0.3) is 5.91 Å². The Morgan fingerprint density at radius 2 is 1.85 bits per heavy atom. The van der Waals surface area contributed by atoms with Gasteiger partial charge < -0.3 is 5.32 Å². The number of rotatable bonds is 5. The standard InChI is InChI=1S/C21H24ClN3O/c1-13(2)12-25-20(22)19(15(4)24-25)21(26)23-14(3)17-11-7-9-16-8-5-6-10-18(16)17/h5-11,13-14H,12H2,1-4H3,(H,23,26). The Labute approximate surface area is 159 Å². The molecule has 1 unspecified atom stereocenters. The lowest BCUT2D eigenvalue weighted by molar-refractivity contribution is 0.0939. The number of aryl methyl sites for hydroxylation is 1. The van der Waals surface area contributed by atoms with Gasteiger partial charge in [0, 0.05) is 6.54 Å². The van der Waals surface area contributed by atoms with Crippen LogP contribution in [0.5, 0.6) is 0 Å². The van der Waals surface area contributed by atoms with Crippen molar-refractivity contribution < 1.29 is 4.79 Å². The van der Waals surface area contributed by atoms with Gasteiger partial charge in [0.2, 0.25) is 0 Å². The molecule has 5 heteroatoms. The van der Waals surface area contributed by atoms with Crippen molar-refractivity contribution in [2.45, 2.75) is 40.3 Å². The largest absolute Gasteiger partial charge is 0.345 e. The number of halogens is 1. The molecule has 0 aliphatic rings. The van der Waals surface area contributed by atoms with E-state index in [0.717, 1.165) is 16.3 Å². The Morgan fingerprint density at radius 3 is 2.58 bits per heavy atom. The molecule has 136 valence electrons. The summed E-state index contributed by atoms with van der Waals surface area (Å²) in [6, 6.07) is 14.2. The maximum Gasteiger partial charge on any atom is 0.256 e. The molecule has 3 rings (SSSR count). The zero-order valence-electron chi connectivity index (χ0n) is 15.6. The number of amides is 1. The Bertz CT molecular complexity index is 940. The van der Waals surface area contributed by atoms with Crippen molar-refractivity contribution >= 4 is 28.3 Å². The number of hydrogen-bond donors (Lipinski definition) is 1. The van der Waals surface area contributed by atoms with Crippen LogP contribution in [0.2, 0.25) is 5.15 Å². The topological polar surface area (TPSA) is 46.9 Å². The highest BCUT2D eigenvalue weighted by Crippen LogP contribution is 2.26. The maximum absolute atomic E-state index is 12.9. The van der Waals surface area contributed by atoms with E-state index < -0.39 is 0 Å². The number of nitrogens with zero attached hydrogens (tertiary/aromatic N) is 2. The molecule has 0 saturated carbocycles. The second-order valence-corrected chi connectivity index (χ2v) is 7.45. The molecule has 0 fully saturated rings. The van der Waals surface area contributed by atoms with Crippen molar-refractivity contribution in [3.05, 3.63) is 64.4 Å². The lowest BCUT2D eigenvalue weighted by Gasteiger charge is -2.16. The molecule has 3 aromatic rings. The first kappa shape index (κ1) is 18.5. The van der Waals surface area contributed by atoms with Gasteiger partial charge in [-0.1, -0.05) is 67.9 Å². The summed E-state index contributed by atoms with van der Waals surface area (Å²) in [6.45, 7) is 8.68. The number of carbonyl (C=O) groups excluding carboxylic acids is 1. The fraction of sp³-hybridized carbons (Fsp3) is 0.333. The van der Waals surface area contributed by atoms with Crippen molar-refractivity contribution in [3.8, 4) is 0 Å². The lowest BCUT2D eigenvalue weighted by atomic mass is 9.99. The third-order valence-electron chi connectivity index (χ3n) is 4.47. The second kappa shape index (κ2) is 7.50. The highest BCUT2D eigenvalue weighted by molar-refractivity contribution is 6.33. The van der Waals surface area contributed by atoms with Gasteiger partial charge in [-0.2, -0.15) is 5.10 Å². The first-order valence-corrected chi connectivity index (χ1v) is 9.27. The van der Waals surface area contributed by atoms with Crippen LogP contribution < -0.4 is 5.32 Å². The molecular weight excluding hydrogens is 346 g/mol. The molecule has 1 amide bonds. The average Bonchev–Trinajstić information content (AvgIpc) is 2.87. The fourth-order valence-corrected chi connectivity index (χ4v) is 3.58. The smallest absolute Gasteiger partial charge is 0.256 e. The minimum absolute atomic E-state index is 0.141. The number of nitrogens with one attached hydrogen (secondary N) is 1. The summed E-state index contributed by atoms with van der Waals surface area (Å²) in [5, 5.41) is 10.2. The van der Waals surface area contributed by atoms with Crippen molar-refractivity contribution in [1.29, 1.82) is 0 Å². The van der Waals surface area contributed by atoms with Crippen LogP contribution in [0.15, 0.2) is 42.5 Å². The van der Waals surface area contributed by atoms with E-state index in [1.165, 1.54) is 0 Å². The van der Waals surface area contributed by atoms with E-state index in [1.54, 1.807) is 4.68 Å². The number of aromatic nitrogens is 2. The predicted molar refractivity (Wildman–Crippen MR) is 107 cm³/mol. The Morgan fingerprint density at radius 1 is 1.15 bits per heavy atom. The van der Waals surface area contributed by atoms with Crippen LogP contribution in [0.4, 0.5) is 0 Å². The molecule has 26 heavy (non-hydrogen) atoms. The third kappa shape index (κ3) is 3.61. The van der Waals surface area contributed by atoms with Crippen molar-refractivity contribution in [2.75, 3.05) is 0 Å². The first-order chi connectivity index (χ1) is 12.4. The molecule has 1 heterocycles. The molecule has 2 aromatic carbocycles. The number of fused-ring (bicyclic) bond motifs is 1. The van der Waals surface area contributed by atoms with Gasteiger partial charge >= 0.3 is 0 Å². The molecule has 4 nitrogen and oxygen atoms in total. The van der Waals surface area contributed by atoms with E-state index in [9.17, 15) is 4.79 Å². The summed E-state index contributed by atoms with van der Waals surface area (Å²) in [7, 11) is 0. The summed E-state index contributed by atoms with van der Waals surface area (Å²) in [6.07, 6.45) is 0. The van der Waals surface area contributed by atoms with Crippen molar-refractivity contribution in [2.24, 2.45) is 5.92 Å². The van der Waals surface area contributed by atoms with Gasteiger partial charge in [-0.3, -0.25) is 9.48 Å². The highest BCUT2D eigenvalue weighted by Gasteiger charge is 2.22. The summed E-state index contributed by atoms with van der Waals surface area (Å²) in [4.78, 5) is 12.9. The van der Waals surface area contributed by atoms with Crippen LogP contribution in [0.1, 0.15) is 48.4 Å². The Balaban J connectivity index is 1.87. The van der Waals surface area contributed by atoms with E-state index in [2.05, 4.69) is 42.5 Å². The molecule has 1 N–H and O–H groups in total. The van der Waals surface area contributed by atoms with Gasteiger partial charge in [0.1, 0.15) is 5.15 Å².